The van der Waals surface area contributed by atoms with E-state index in [0.29, 0.717) is 29.5 Å². The predicted octanol–water partition coefficient (Wildman–Crippen LogP) is 3.02. The molecule has 0 radical (unpaired) electrons. The molecule has 0 saturated carbocycles. The Morgan fingerprint density at radius 1 is 1.38 bits per heavy atom. The third-order valence-electron chi connectivity index (χ3n) is 4.03. The van der Waals surface area contributed by atoms with E-state index in [2.05, 4.69) is 10.6 Å². The maximum absolute atomic E-state index is 12.3. The number of benzene rings is 1. The number of amides is 1. The van der Waals surface area contributed by atoms with Crippen LogP contribution in [0.3, 0.4) is 0 Å². The van der Waals surface area contributed by atoms with E-state index in [4.69, 9.17) is 9.47 Å². The van der Waals surface area contributed by atoms with Gasteiger partial charge in [-0.05, 0) is 70.3 Å². The lowest BCUT2D eigenvalue weighted by molar-refractivity contribution is 0.0950. The molecule has 1 aliphatic rings. The first kappa shape index (κ1) is 20.6. The molecule has 1 aliphatic heterocycles. The third kappa shape index (κ3) is 6.21. The van der Waals surface area contributed by atoms with Gasteiger partial charge < -0.3 is 20.1 Å². The number of methoxy groups -OCH3 is 1. The number of hydrogen-bond donors (Lipinski definition) is 2. The third-order valence-corrected chi connectivity index (χ3v) is 4.03. The summed E-state index contributed by atoms with van der Waals surface area (Å²) in [7, 11) is 1.58. The van der Waals surface area contributed by atoms with E-state index in [1.54, 1.807) is 25.3 Å². The van der Waals surface area contributed by atoms with Crippen LogP contribution in [0.4, 0.5) is 0 Å². The molecule has 1 fully saturated rings. The van der Waals surface area contributed by atoms with Gasteiger partial charge in [-0.15, -0.1) is 12.4 Å². The molecule has 0 aliphatic carbocycles. The van der Waals surface area contributed by atoms with Crippen molar-refractivity contribution >= 4 is 18.3 Å². The Morgan fingerprint density at radius 2 is 2.17 bits per heavy atom. The lowest BCUT2D eigenvalue weighted by atomic mass is 9.96. The van der Waals surface area contributed by atoms with Crippen LogP contribution in [-0.4, -0.2) is 38.8 Å². The summed E-state index contributed by atoms with van der Waals surface area (Å²) in [5.41, 5.74) is 0.597. The number of halogens is 1. The lowest BCUT2D eigenvalue weighted by Crippen LogP contribution is -2.33. The van der Waals surface area contributed by atoms with Crippen LogP contribution < -0.4 is 20.1 Å². The van der Waals surface area contributed by atoms with Gasteiger partial charge in [0.2, 0.25) is 0 Å². The van der Waals surface area contributed by atoms with Gasteiger partial charge in [0.1, 0.15) is 0 Å². The predicted molar refractivity (Wildman–Crippen MR) is 98.5 cm³/mol. The number of nitrogens with one attached hydrogen (secondary N) is 2. The van der Waals surface area contributed by atoms with Crippen molar-refractivity contribution in [2.45, 2.75) is 39.2 Å². The molecule has 2 N–H and O–H groups in total. The van der Waals surface area contributed by atoms with Crippen molar-refractivity contribution in [3.8, 4) is 11.5 Å². The van der Waals surface area contributed by atoms with Crippen molar-refractivity contribution in [2.24, 2.45) is 5.92 Å². The van der Waals surface area contributed by atoms with Gasteiger partial charge in [0.25, 0.3) is 5.91 Å². The summed E-state index contributed by atoms with van der Waals surface area (Å²) in [4.78, 5) is 12.3. The molecule has 0 spiro atoms. The van der Waals surface area contributed by atoms with Crippen molar-refractivity contribution < 1.29 is 14.3 Å². The van der Waals surface area contributed by atoms with Gasteiger partial charge in [-0.2, -0.15) is 0 Å². The topological polar surface area (TPSA) is 59.6 Å². The van der Waals surface area contributed by atoms with Crippen LogP contribution in [0.25, 0.3) is 0 Å². The summed E-state index contributed by atoms with van der Waals surface area (Å²) < 4.78 is 11.0. The number of rotatable bonds is 7. The van der Waals surface area contributed by atoms with Crippen molar-refractivity contribution in [3.05, 3.63) is 23.8 Å². The smallest absolute Gasteiger partial charge is 0.251 e. The number of ether oxygens (including phenoxy) is 2. The van der Waals surface area contributed by atoms with Crippen molar-refractivity contribution in [1.29, 1.82) is 0 Å². The standard InChI is InChI=1S/C18H28N2O3.ClH/c1-13(2)23-16-7-6-15(11-17(16)22-3)18(21)20-10-8-14-5-4-9-19-12-14;/h6-7,11,13-14,19H,4-5,8-10,12H2,1-3H3,(H,20,21);1H. The van der Waals surface area contributed by atoms with E-state index in [1.807, 2.05) is 13.8 Å². The number of piperidine rings is 1. The number of hydrogen-bond acceptors (Lipinski definition) is 4. The van der Waals surface area contributed by atoms with Crippen molar-refractivity contribution in [2.75, 3.05) is 26.7 Å². The Balaban J connectivity index is 0.00000288. The molecule has 1 aromatic rings. The molecule has 5 nitrogen and oxygen atoms in total. The summed E-state index contributed by atoms with van der Waals surface area (Å²) in [6.07, 6.45) is 3.56. The van der Waals surface area contributed by atoms with Gasteiger partial charge in [0.05, 0.1) is 13.2 Å². The summed E-state index contributed by atoms with van der Waals surface area (Å²) in [5.74, 6) is 1.85. The fourth-order valence-electron chi connectivity index (χ4n) is 2.82. The molecule has 1 atom stereocenters. The molecule has 1 heterocycles. The Morgan fingerprint density at radius 3 is 2.79 bits per heavy atom. The molecular weight excluding hydrogens is 328 g/mol. The van der Waals surface area contributed by atoms with Gasteiger partial charge in [0, 0.05) is 12.1 Å². The molecule has 0 aromatic heterocycles. The van der Waals surface area contributed by atoms with Crippen LogP contribution in [0.15, 0.2) is 18.2 Å². The summed E-state index contributed by atoms with van der Waals surface area (Å²) in [6, 6.07) is 5.30. The fourth-order valence-corrected chi connectivity index (χ4v) is 2.82. The average Bonchev–Trinajstić information content (AvgIpc) is 2.55. The van der Waals surface area contributed by atoms with Gasteiger partial charge in [-0.3, -0.25) is 4.79 Å². The molecule has 1 unspecified atom stereocenters. The Kier molecular flexibility index (Phi) is 8.93. The first-order valence-corrected chi connectivity index (χ1v) is 8.43. The first-order valence-electron chi connectivity index (χ1n) is 8.43. The highest BCUT2D eigenvalue weighted by Crippen LogP contribution is 2.29. The SMILES string of the molecule is COc1cc(C(=O)NCCC2CCCNC2)ccc1OC(C)C.Cl. The quantitative estimate of drug-likeness (QED) is 0.788. The lowest BCUT2D eigenvalue weighted by Gasteiger charge is -2.22. The van der Waals surface area contributed by atoms with E-state index in [9.17, 15) is 4.79 Å². The minimum atomic E-state index is -0.0665. The minimum Gasteiger partial charge on any atom is -0.493 e. The number of carbonyl (C=O) groups is 1. The number of carbonyl (C=O) groups excluding carboxylic acids is 1. The van der Waals surface area contributed by atoms with Crippen LogP contribution >= 0.6 is 12.4 Å². The zero-order chi connectivity index (χ0) is 16.7. The van der Waals surface area contributed by atoms with E-state index >= 15 is 0 Å². The van der Waals surface area contributed by atoms with Crippen LogP contribution in [-0.2, 0) is 0 Å². The maximum atomic E-state index is 12.3. The van der Waals surface area contributed by atoms with Gasteiger partial charge >= 0.3 is 0 Å². The summed E-state index contributed by atoms with van der Waals surface area (Å²) in [5, 5.41) is 6.39. The largest absolute Gasteiger partial charge is 0.493 e. The van der Waals surface area contributed by atoms with E-state index in [1.165, 1.54) is 12.8 Å². The normalized spacial score (nSPS) is 17.1. The van der Waals surface area contributed by atoms with E-state index in [0.717, 1.165) is 19.5 Å². The molecule has 1 amide bonds. The van der Waals surface area contributed by atoms with Gasteiger partial charge in [0.15, 0.2) is 11.5 Å². The molecule has 0 bridgehead atoms. The zero-order valence-electron chi connectivity index (χ0n) is 14.8. The second-order valence-corrected chi connectivity index (χ2v) is 6.29. The molecule has 2 rings (SSSR count). The van der Waals surface area contributed by atoms with Gasteiger partial charge in [-0.25, -0.2) is 0 Å². The maximum Gasteiger partial charge on any atom is 0.251 e. The molecule has 1 aromatic carbocycles. The first-order chi connectivity index (χ1) is 11.1. The Bertz CT molecular complexity index is 517. The second-order valence-electron chi connectivity index (χ2n) is 6.29. The minimum absolute atomic E-state index is 0. The molecule has 24 heavy (non-hydrogen) atoms. The van der Waals surface area contributed by atoms with Crippen LogP contribution in [0.2, 0.25) is 0 Å². The highest BCUT2D eigenvalue weighted by Gasteiger charge is 2.15. The van der Waals surface area contributed by atoms with E-state index in [-0.39, 0.29) is 24.4 Å². The highest BCUT2D eigenvalue weighted by molar-refractivity contribution is 5.94. The molecule has 136 valence electrons. The second kappa shape index (κ2) is 10.4. The Hall–Kier alpha value is -1.46. The zero-order valence-corrected chi connectivity index (χ0v) is 15.6. The summed E-state index contributed by atoms with van der Waals surface area (Å²) in [6.45, 7) is 6.80. The van der Waals surface area contributed by atoms with Crippen LogP contribution in [0, 0.1) is 5.92 Å². The summed E-state index contributed by atoms with van der Waals surface area (Å²) >= 11 is 0. The molecule has 1 saturated heterocycles. The van der Waals surface area contributed by atoms with E-state index < -0.39 is 0 Å². The van der Waals surface area contributed by atoms with Crippen molar-refractivity contribution in [3.63, 3.8) is 0 Å². The van der Waals surface area contributed by atoms with Gasteiger partial charge in [-0.1, -0.05) is 0 Å². The van der Waals surface area contributed by atoms with Crippen LogP contribution in [0.1, 0.15) is 43.5 Å². The Labute approximate surface area is 150 Å². The fraction of sp³-hybridized carbons (Fsp3) is 0.611. The van der Waals surface area contributed by atoms with Crippen LogP contribution in [0.5, 0.6) is 11.5 Å². The highest BCUT2D eigenvalue weighted by atomic mass is 35.5. The van der Waals surface area contributed by atoms with Crippen molar-refractivity contribution in [1.82, 2.24) is 10.6 Å². The molecule has 6 heteroatoms. The average molecular weight is 357 g/mol. The molecular formula is C18H29ClN2O3. The monoisotopic (exact) mass is 356 g/mol.